The van der Waals surface area contributed by atoms with Crippen LogP contribution in [-0.4, -0.2) is 19.1 Å². The minimum absolute atomic E-state index is 0.0215. The lowest BCUT2D eigenvalue weighted by Crippen LogP contribution is -2.24. The number of fused-ring (bicyclic) bond motifs is 8. The van der Waals surface area contributed by atoms with Crippen LogP contribution in [0.4, 0.5) is 0 Å². The van der Waals surface area contributed by atoms with Crippen LogP contribution in [0.15, 0.2) is 128 Å². The van der Waals surface area contributed by atoms with E-state index in [0.717, 1.165) is 66.3 Å². The van der Waals surface area contributed by atoms with Crippen molar-refractivity contribution in [2.24, 2.45) is 0 Å². The van der Waals surface area contributed by atoms with Crippen LogP contribution in [0, 0.1) is 0 Å². The van der Waals surface area contributed by atoms with Crippen LogP contribution in [0.1, 0.15) is 79.0 Å². The van der Waals surface area contributed by atoms with Crippen molar-refractivity contribution in [1.82, 2.24) is 19.1 Å². The highest BCUT2D eigenvalue weighted by Crippen LogP contribution is 2.43. The largest absolute Gasteiger partial charge is 0.457 e. The number of hydrogen-bond donors (Lipinski definition) is 0. The Bertz CT molecular complexity index is 2910. The summed E-state index contributed by atoms with van der Waals surface area (Å²) in [4.78, 5) is 9.92. The molecule has 9 aromatic rings. The van der Waals surface area contributed by atoms with Gasteiger partial charge in [0.1, 0.15) is 23.6 Å². The van der Waals surface area contributed by atoms with Gasteiger partial charge < -0.3 is 4.74 Å². The predicted molar refractivity (Wildman–Crippen MR) is 231 cm³/mol. The van der Waals surface area contributed by atoms with Gasteiger partial charge in [0, 0.05) is 28.4 Å². The second-order valence-electron chi connectivity index (χ2n) is 18.1. The van der Waals surface area contributed by atoms with Crippen molar-refractivity contribution >= 4 is 54.4 Å². The molecule has 3 aromatic heterocycles. The summed E-state index contributed by atoms with van der Waals surface area (Å²) in [6.45, 7) is 20.9. The Morgan fingerprint density at radius 3 is 1.85 bits per heavy atom. The van der Waals surface area contributed by atoms with Gasteiger partial charge in [-0.25, -0.2) is 9.97 Å². The van der Waals surface area contributed by atoms with Crippen LogP contribution in [0.3, 0.4) is 0 Å². The molecule has 6 aromatic carbocycles. The summed E-state index contributed by atoms with van der Waals surface area (Å²) in [7, 11) is 0. The molecule has 5 heteroatoms. The van der Waals surface area contributed by atoms with E-state index in [-0.39, 0.29) is 16.2 Å². The number of benzene rings is 6. The Morgan fingerprint density at radius 2 is 1.15 bits per heavy atom. The molecular formula is C50H48N4O. The van der Waals surface area contributed by atoms with E-state index in [1.165, 1.54) is 27.8 Å². The number of imidazole rings is 1. The lowest BCUT2D eigenvalue weighted by atomic mass is 9.74. The van der Waals surface area contributed by atoms with Gasteiger partial charge in [-0.3, -0.25) is 9.13 Å². The first-order valence-corrected chi connectivity index (χ1v) is 19.3. The molecule has 0 N–H and O–H groups in total. The summed E-state index contributed by atoms with van der Waals surface area (Å²) in [6, 6.07) is 41.0. The average Bonchev–Trinajstić information content (AvgIpc) is 3.72. The summed E-state index contributed by atoms with van der Waals surface area (Å²) in [6.07, 6.45) is 3.88. The van der Waals surface area contributed by atoms with Gasteiger partial charge in [-0.1, -0.05) is 123 Å². The fourth-order valence-electron chi connectivity index (χ4n) is 8.19. The molecule has 5 nitrogen and oxygen atoms in total. The summed E-state index contributed by atoms with van der Waals surface area (Å²) in [5.74, 6) is 2.42. The zero-order valence-corrected chi connectivity index (χ0v) is 33.3. The molecule has 0 unspecified atom stereocenters. The van der Waals surface area contributed by atoms with Gasteiger partial charge in [0.15, 0.2) is 0 Å². The maximum absolute atomic E-state index is 6.70. The topological polar surface area (TPSA) is 44.9 Å². The Morgan fingerprint density at radius 1 is 0.509 bits per heavy atom. The smallest absolute Gasteiger partial charge is 0.137 e. The standard InChI is InChI=1S/C50H48N4O/c1-48(2,3)33-26-39(49(4,5)6)47(40(27-33)50(7,8)9)53-30-52-46-42(53)24-20-32-18-17-31-19-21-34(28-38(31)45(32)46)55-35-22-23-37-36-14-10-11-15-41(36)54(43(37)29-35)44-16-12-13-25-51-44/h10-30H,1-9H3. The summed E-state index contributed by atoms with van der Waals surface area (Å²) in [5.41, 5.74) is 9.35. The number of nitrogens with zero attached hydrogens (tertiary/aromatic N) is 4. The maximum atomic E-state index is 6.70. The second kappa shape index (κ2) is 12.3. The Balaban J connectivity index is 1.21. The summed E-state index contributed by atoms with van der Waals surface area (Å²) in [5, 5.41) is 6.89. The van der Waals surface area contributed by atoms with E-state index in [9.17, 15) is 0 Å². The van der Waals surface area contributed by atoms with Crippen LogP contribution in [0.25, 0.3) is 65.9 Å². The highest BCUT2D eigenvalue weighted by atomic mass is 16.5. The molecular weight excluding hydrogens is 673 g/mol. The number of pyridine rings is 1. The molecule has 0 aliphatic heterocycles. The van der Waals surface area contributed by atoms with Crippen molar-refractivity contribution in [1.29, 1.82) is 0 Å². The number of hydrogen-bond acceptors (Lipinski definition) is 3. The van der Waals surface area contributed by atoms with Crippen molar-refractivity contribution in [3.05, 3.63) is 144 Å². The fraction of sp³-hybridized carbons (Fsp3) is 0.240. The van der Waals surface area contributed by atoms with E-state index in [0.29, 0.717) is 0 Å². The third-order valence-electron chi connectivity index (χ3n) is 11.1. The van der Waals surface area contributed by atoms with Gasteiger partial charge in [-0.15, -0.1) is 0 Å². The van der Waals surface area contributed by atoms with E-state index in [4.69, 9.17) is 14.7 Å². The Labute approximate surface area is 323 Å². The van der Waals surface area contributed by atoms with Gasteiger partial charge in [-0.2, -0.15) is 0 Å². The molecule has 3 heterocycles. The van der Waals surface area contributed by atoms with Crippen LogP contribution in [0.5, 0.6) is 11.5 Å². The molecule has 0 bridgehead atoms. The zero-order chi connectivity index (χ0) is 38.4. The monoisotopic (exact) mass is 720 g/mol. The van der Waals surface area contributed by atoms with E-state index >= 15 is 0 Å². The average molecular weight is 721 g/mol. The molecule has 0 spiro atoms. The van der Waals surface area contributed by atoms with Crippen LogP contribution < -0.4 is 4.74 Å². The number of aromatic nitrogens is 4. The van der Waals surface area contributed by atoms with Gasteiger partial charge in [0.2, 0.25) is 0 Å². The molecule has 0 radical (unpaired) electrons. The van der Waals surface area contributed by atoms with Crippen LogP contribution in [0.2, 0.25) is 0 Å². The molecule has 274 valence electrons. The fourth-order valence-corrected chi connectivity index (χ4v) is 8.19. The summed E-state index contributed by atoms with van der Waals surface area (Å²) < 4.78 is 11.3. The molecule has 0 aliphatic rings. The van der Waals surface area contributed by atoms with E-state index < -0.39 is 0 Å². The van der Waals surface area contributed by atoms with Gasteiger partial charge in [-0.05, 0) is 97.6 Å². The van der Waals surface area contributed by atoms with E-state index in [2.05, 4.69) is 169 Å². The predicted octanol–water partition coefficient (Wildman–Crippen LogP) is 13.5. The van der Waals surface area contributed by atoms with Crippen LogP contribution in [-0.2, 0) is 16.2 Å². The Kier molecular flexibility index (Phi) is 7.78. The second-order valence-corrected chi connectivity index (χ2v) is 18.1. The molecule has 0 amide bonds. The molecule has 0 aliphatic carbocycles. The lowest BCUT2D eigenvalue weighted by Gasteiger charge is -2.34. The van der Waals surface area contributed by atoms with Crippen molar-refractivity contribution in [2.45, 2.75) is 78.6 Å². The van der Waals surface area contributed by atoms with Gasteiger partial charge in [0.25, 0.3) is 0 Å². The van der Waals surface area contributed by atoms with E-state index in [1.54, 1.807) is 0 Å². The van der Waals surface area contributed by atoms with Crippen molar-refractivity contribution in [3.63, 3.8) is 0 Å². The molecule has 0 saturated heterocycles. The third-order valence-corrected chi connectivity index (χ3v) is 11.1. The first-order chi connectivity index (χ1) is 26.2. The zero-order valence-electron chi connectivity index (χ0n) is 33.3. The molecule has 0 fully saturated rings. The van der Waals surface area contributed by atoms with Gasteiger partial charge in [0.05, 0.1) is 27.8 Å². The normalized spacial score (nSPS) is 12.8. The number of rotatable bonds is 4. The number of ether oxygens (including phenoxy) is 1. The summed E-state index contributed by atoms with van der Waals surface area (Å²) >= 11 is 0. The third kappa shape index (κ3) is 5.85. The van der Waals surface area contributed by atoms with Crippen molar-refractivity contribution in [3.8, 4) is 23.0 Å². The molecule has 0 saturated carbocycles. The van der Waals surface area contributed by atoms with Crippen molar-refractivity contribution in [2.75, 3.05) is 0 Å². The lowest BCUT2D eigenvalue weighted by molar-refractivity contribution is 0.484. The van der Waals surface area contributed by atoms with Crippen molar-refractivity contribution < 1.29 is 4.74 Å². The maximum Gasteiger partial charge on any atom is 0.137 e. The van der Waals surface area contributed by atoms with Gasteiger partial charge >= 0.3 is 0 Å². The quantitative estimate of drug-likeness (QED) is 0.170. The van der Waals surface area contributed by atoms with E-state index in [1.807, 2.05) is 30.7 Å². The Hall–Kier alpha value is -5.94. The SMILES string of the molecule is CC(C)(C)c1cc(C(C)(C)C)c(-n2cnc3c4c(ccc5ccc(Oc6ccc7c8ccccc8n(-c8ccccn8)c7c6)cc54)ccc32)c(C(C)(C)C)c1. The van der Waals surface area contributed by atoms with Crippen LogP contribution >= 0.6 is 0 Å². The minimum atomic E-state index is -0.0854. The first kappa shape index (κ1) is 34.8. The highest BCUT2D eigenvalue weighted by Gasteiger charge is 2.31. The highest BCUT2D eigenvalue weighted by molar-refractivity contribution is 6.19. The molecule has 55 heavy (non-hydrogen) atoms. The first-order valence-electron chi connectivity index (χ1n) is 19.3. The minimum Gasteiger partial charge on any atom is -0.457 e. The number of para-hydroxylation sites is 1. The molecule has 0 atom stereocenters. The molecule has 9 rings (SSSR count).